The summed E-state index contributed by atoms with van der Waals surface area (Å²) in [6, 6.07) is 21.1. The van der Waals surface area contributed by atoms with E-state index in [9.17, 15) is 23.1 Å². The number of rotatable bonds is 17. The molecule has 0 saturated carbocycles. The van der Waals surface area contributed by atoms with Gasteiger partial charge in [-0.3, -0.25) is 4.79 Å². The number of oxime groups is 1. The number of aliphatic hydroxyl groups excluding tert-OH is 1. The fourth-order valence-electron chi connectivity index (χ4n) is 6.82. The summed E-state index contributed by atoms with van der Waals surface area (Å²) in [7, 11) is -2.14. The van der Waals surface area contributed by atoms with E-state index in [1.807, 2.05) is 93.9 Å². The van der Waals surface area contributed by atoms with E-state index in [0.717, 1.165) is 22.4 Å². The van der Waals surface area contributed by atoms with Gasteiger partial charge < -0.3 is 30.0 Å². The van der Waals surface area contributed by atoms with Gasteiger partial charge in [-0.2, -0.15) is 4.31 Å². The Balaban J connectivity index is 1.38. The van der Waals surface area contributed by atoms with Crippen LogP contribution < -0.4 is 5.32 Å². The van der Waals surface area contributed by atoms with Gasteiger partial charge in [0.1, 0.15) is 11.9 Å². The number of nitrogens with zero attached hydrogens (tertiary/aromatic N) is 6. The second-order valence-electron chi connectivity index (χ2n) is 14.2. The smallest absolute Gasteiger partial charge is 0.321 e. The molecule has 1 fully saturated rings. The molecule has 4 atom stereocenters. The summed E-state index contributed by atoms with van der Waals surface area (Å²) in [5.41, 5.74) is 3.19. The van der Waals surface area contributed by atoms with E-state index < -0.39 is 34.1 Å². The molecule has 1 aliphatic rings. The number of aryl methyl sites for hydroxylation is 1. The van der Waals surface area contributed by atoms with Gasteiger partial charge in [0.25, 0.3) is 0 Å². The molecule has 53 heavy (non-hydrogen) atoms. The molecule has 0 spiro atoms. The summed E-state index contributed by atoms with van der Waals surface area (Å²) in [5.74, 6) is 0.0633. The highest BCUT2D eigenvalue weighted by Gasteiger charge is 2.41. The van der Waals surface area contributed by atoms with Crippen LogP contribution in [0.1, 0.15) is 51.1 Å². The van der Waals surface area contributed by atoms with Crippen molar-refractivity contribution in [1.82, 2.24) is 29.0 Å². The molecule has 1 aromatic heterocycles. The average Bonchev–Trinajstić information content (AvgIpc) is 3.66. The summed E-state index contributed by atoms with van der Waals surface area (Å²) in [5, 5.41) is 26.8. The number of hydrogen-bond donors (Lipinski definition) is 3. The van der Waals surface area contributed by atoms with E-state index >= 15 is 0 Å². The molecule has 13 nitrogen and oxygen atoms in total. The first-order valence-electron chi connectivity index (χ1n) is 18.1. The highest BCUT2D eigenvalue weighted by atomic mass is 32.2. The standard InChI is InChI=1S/C39H51N7O6S/c1-6-28(4)37(46-21-20-44(39(46)49)26-36-41-32-14-10-11-15-34(32)43(36)5)38(48)42-33(22-29-12-8-7-9-13-29)35(47)25-45(24-27(2)3)53(51,52)31-18-16-30(17-19-31)23-40-50/h7-19,23,27-28,33,35,37,47,50H,6,20-22,24-26H2,1-5H3,(H,42,48)/t28-,33-,35+,37-/m0/s1. The van der Waals surface area contributed by atoms with Gasteiger partial charge in [-0.1, -0.05) is 93.9 Å². The van der Waals surface area contributed by atoms with Crippen molar-refractivity contribution < 1.29 is 28.3 Å². The molecule has 4 aromatic rings. The van der Waals surface area contributed by atoms with Crippen LogP contribution in [0.25, 0.3) is 11.0 Å². The second-order valence-corrected chi connectivity index (χ2v) is 16.1. The Hall–Kier alpha value is -4.79. The molecule has 0 bridgehead atoms. The predicted molar refractivity (Wildman–Crippen MR) is 204 cm³/mol. The number of sulfonamides is 1. The van der Waals surface area contributed by atoms with Gasteiger partial charge in [-0.05, 0) is 53.6 Å². The van der Waals surface area contributed by atoms with Crippen molar-refractivity contribution in [2.24, 2.45) is 24.0 Å². The number of para-hydroxylation sites is 2. The first kappa shape index (κ1) is 39.4. The maximum Gasteiger partial charge on any atom is 0.321 e. The Morgan fingerprint density at radius 3 is 2.32 bits per heavy atom. The summed E-state index contributed by atoms with van der Waals surface area (Å²) in [6.45, 7) is 8.60. The summed E-state index contributed by atoms with van der Waals surface area (Å²) in [6.07, 6.45) is 0.764. The lowest BCUT2D eigenvalue weighted by Crippen LogP contribution is -2.57. The quantitative estimate of drug-likeness (QED) is 0.0817. The number of amides is 3. The number of carbonyl (C=O) groups is 2. The monoisotopic (exact) mass is 745 g/mol. The summed E-state index contributed by atoms with van der Waals surface area (Å²) < 4.78 is 31.1. The Morgan fingerprint density at radius 1 is 1.00 bits per heavy atom. The second kappa shape index (κ2) is 17.4. The SMILES string of the molecule is CC[C@H](C)[C@@H](C(=O)N[C@@H](Cc1ccccc1)[C@H](O)CN(CC(C)C)S(=O)(=O)c1ccc(C=NO)cc1)N1CCN(Cc2nc3ccccc3n2C)C1=O. The molecule has 5 rings (SSSR count). The zero-order valence-electron chi connectivity index (χ0n) is 31.0. The van der Waals surface area contributed by atoms with Gasteiger partial charge in [0.05, 0.1) is 40.8 Å². The maximum atomic E-state index is 14.4. The molecule has 1 saturated heterocycles. The summed E-state index contributed by atoms with van der Waals surface area (Å²) >= 11 is 0. The third-order valence-corrected chi connectivity index (χ3v) is 11.7. The molecule has 1 aliphatic heterocycles. The van der Waals surface area contributed by atoms with Gasteiger partial charge in [-0.25, -0.2) is 18.2 Å². The lowest BCUT2D eigenvalue weighted by atomic mass is 9.95. The van der Waals surface area contributed by atoms with Gasteiger partial charge in [0.2, 0.25) is 15.9 Å². The van der Waals surface area contributed by atoms with E-state index in [0.29, 0.717) is 31.6 Å². The highest BCUT2D eigenvalue weighted by molar-refractivity contribution is 7.89. The number of benzene rings is 3. The van der Waals surface area contributed by atoms with Crippen LogP contribution in [0.15, 0.2) is 88.9 Å². The number of hydrogen-bond acceptors (Lipinski definition) is 8. The summed E-state index contributed by atoms with van der Waals surface area (Å²) in [4.78, 5) is 36.4. The minimum atomic E-state index is -4.07. The molecule has 284 valence electrons. The topological polar surface area (TPSA) is 161 Å². The van der Waals surface area contributed by atoms with Crippen molar-refractivity contribution >= 4 is 39.2 Å². The minimum Gasteiger partial charge on any atom is -0.411 e. The zero-order valence-corrected chi connectivity index (χ0v) is 31.9. The molecule has 14 heteroatoms. The van der Waals surface area contributed by atoms with Crippen molar-refractivity contribution in [3.8, 4) is 0 Å². The Bertz CT molecular complexity index is 1980. The molecule has 0 aliphatic carbocycles. The predicted octanol–water partition coefficient (Wildman–Crippen LogP) is 4.47. The van der Waals surface area contributed by atoms with Gasteiger partial charge >= 0.3 is 6.03 Å². The Kier molecular flexibility index (Phi) is 12.9. The number of fused-ring (bicyclic) bond motifs is 1. The maximum absolute atomic E-state index is 14.4. The largest absolute Gasteiger partial charge is 0.411 e. The number of carbonyl (C=O) groups excluding carboxylic acids is 2. The van der Waals surface area contributed by atoms with E-state index in [1.165, 1.54) is 34.8 Å². The van der Waals surface area contributed by atoms with E-state index in [4.69, 9.17) is 10.2 Å². The molecular formula is C39H51N7O6S. The van der Waals surface area contributed by atoms with Gasteiger partial charge in [-0.15, -0.1) is 0 Å². The molecule has 2 heterocycles. The third kappa shape index (κ3) is 9.24. The zero-order chi connectivity index (χ0) is 38.3. The van der Waals surface area contributed by atoms with Crippen LogP contribution in [-0.2, 0) is 34.8 Å². The van der Waals surface area contributed by atoms with Crippen molar-refractivity contribution in [1.29, 1.82) is 0 Å². The number of imidazole rings is 1. The van der Waals surface area contributed by atoms with Crippen molar-refractivity contribution in [2.75, 3.05) is 26.2 Å². The van der Waals surface area contributed by atoms with Crippen LogP contribution in [0.4, 0.5) is 4.79 Å². The van der Waals surface area contributed by atoms with E-state index in [2.05, 4.69) is 10.5 Å². The molecule has 0 radical (unpaired) electrons. The first-order chi connectivity index (χ1) is 25.3. The number of nitrogens with one attached hydrogen (secondary N) is 1. The van der Waals surface area contributed by atoms with E-state index in [1.54, 1.807) is 9.80 Å². The lowest BCUT2D eigenvalue weighted by Gasteiger charge is -2.35. The Morgan fingerprint density at radius 2 is 1.68 bits per heavy atom. The first-order valence-corrected chi connectivity index (χ1v) is 19.5. The van der Waals surface area contributed by atoms with Crippen LogP contribution in [0.2, 0.25) is 0 Å². The van der Waals surface area contributed by atoms with Crippen LogP contribution >= 0.6 is 0 Å². The fourth-order valence-corrected chi connectivity index (χ4v) is 8.44. The Labute approximate surface area is 312 Å². The molecule has 3 amide bonds. The van der Waals surface area contributed by atoms with E-state index in [-0.39, 0.29) is 42.3 Å². The number of urea groups is 1. The lowest BCUT2D eigenvalue weighted by molar-refractivity contribution is -0.128. The van der Waals surface area contributed by atoms with Crippen molar-refractivity contribution in [3.05, 3.63) is 95.8 Å². The van der Waals surface area contributed by atoms with Crippen LogP contribution in [0, 0.1) is 11.8 Å². The van der Waals surface area contributed by atoms with Crippen LogP contribution in [-0.4, -0.2) is 105 Å². The van der Waals surface area contributed by atoms with Crippen molar-refractivity contribution in [3.63, 3.8) is 0 Å². The molecule has 0 unspecified atom stereocenters. The molecular weight excluding hydrogens is 695 g/mol. The third-order valence-electron chi connectivity index (χ3n) is 9.90. The molecule has 3 aromatic carbocycles. The normalized spacial score (nSPS) is 16.2. The number of aliphatic hydroxyl groups is 1. The average molecular weight is 746 g/mol. The van der Waals surface area contributed by atoms with Crippen LogP contribution in [0.3, 0.4) is 0 Å². The van der Waals surface area contributed by atoms with Crippen LogP contribution in [0.5, 0.6) is 0 Å². The minimum absolute atomic E-state index is 0.0247. The number of aromatic nitrogens is 2. The fraction of sp³-hybridized carbons (Fsp3) is 0.436. The molecule has 3 N–H and O–H groups in total. The van der Waals surface area contributed by atoms with Gasteiger partial charge in [0, 0.05) is 33.2 Å². The van der Waals surface area contributed by atoms with Gasteiger partial charge in [0.15, 0.2) is 0 Å². The highest BCUT2D eigenvalue weighted by Crippen LogP contribution is 2.25. The van der Waals surface area contributed by atoms with Crippen molar-refractivity contribution in [2.45, 2.75) is 70.2 Å².